The average molecular weight is 547 g/mol. The van der Waals surface area contributed by atoms with Crippen LogP contribution in [-0.2, 0) is 0 Å². The van der Waals surface area contributed by atoms with E-state index in [1.54, 1.807) is 0 Å². The number of hydrogen-bond acceptors (Lipinski definition) is 1. The third-order valence-corrected chi connectivity index (χ3v) is 8.87. The third kappa shape index (κ3) is 3.86. The molecule has 0 atom stereocenters. The number of para-hydroxylation sites is 1. The summed E-state index contributed by atoms with van der Waals surface area (Å²) in [5.74, 6) is 0. The number of benzene rings is 8. The summed E-state index contributed by atoms with van der Waals surface area (Å²) in [5.41, 5.74) is 9.11. The lowest BCUT2D eigenvalue weighted by Crippen LogP contribution is -1.86. The maximum atomic E-state index is 6.03. The predicted molar refractivity (Wildman–Crippen MR) is 183 cm³/mol. The van der Waals surface area contributed by atoms with Gasteiger partial charge in [-0.15, -0.1) is 0 Å². The Bertz CT molecular complexity index is 2460. The van der Waals surface area contributed by atoms with Crippen molar-refractivity contribution in [1.29, 1.82) is 0 Å². The summed E-state index contributed by atoms with van der Waals surface area (Å²) in [7, 11) is 0. The van der Waals surface area contributed by atoms with Gasteiger partial charge >= 0.3 is 0 Å². The van der Waals surface area contributed by atoms with Gasteiger partial charge in [-0.3, -0.25) is 0 Å². The third-order valence-electron chi connectivity index (χ3n) is 8.87. The van der Waals surface area contributed by atoms with Gasteiger partial charge in [0.15, 0.2) is 0 Å². The topological polar surface area (TPSA) is 13.1 Å². The van der Waals surface area contributed by atoms with Crippen LogP contribution in [0.2, 0.25) is 0 Å². The Morgan fingerprint density at radius 1 is 0.233 bits per heavy atom. The van der Waals surface area contributed by atoms with Gasteiger partial charge in [0, 0.05) is 10.8 Å². The van der Waals surface area contributed by atoms with Crippen LogP contribution in [0.3, 0.4) is 0 Å². The molecule has 0 saturated carbocycles. The van der Waals surface area contributed by atoms with Crippen LogP contribution in [0.1, 0.15) is 0 Å². The molecule has 0 bridgehead atoms. The zero-order valence-electron chi connectivity index (χ0n) is 23.4. The van der Waals surface area contributed by atoms with Crippen LogP contribution in [0.5, 0.6) is 0 Å². The minimum absolute atomic E-state index is 0.924. The van der Waals surface area contributed by atoms with E-state index in [4.69, 9.17) is 4.42 Å². The molecule has 0 amide bonds. The van der Waals surface area contributed by atoms with E-state index in [9.17, 15) is 0 Å². The highest BCUT2D eigenvalue weighted by Crippen LogP contribution is 2.38. The van der Waals surface area contributed by atoms with E-state index >= 15 is 0 Å². The molecule has 0 aliphatic heterocycles. The number of furan rings is 1. The molecule has 0 saturated heterocycles. The zero-order chi connectivity index (χ0) is 28.3. The summed E-state index contributed by atoms with van der Waals surface area (Å²) in [6, 6.07) is 56.9. The van der Waals surface area contributed by atoms with Gasteiger partial charge in [-0.25, -0.2) is 0 Å². The van der Waals surface area contributed by atoms with Crippen molar-refractivity contribution in [3.8, 4) is 33.4 Å². The molecular formula is C42H26O. The maximum absolute atomic E-state index is 6.03. The Kier molecular flexibility index (Phi) is 5.27. The molecule has 9 aromatic rings. The van der Waals surface area contributed by atoms with Crippen molar-refractivity contribution >= 4 is 54.3 Å². The molecule has 1 nitrogen and oxygen atoms in total. The fourth-order valence-corrected chi connectivity index (χ4v) is 6.73. The van der Waals surface area contributed by atoms with Crippen molar-refractivity contribution in [2.45, 2.75) is 0 Å². The number of hydrogen-bond donors (Lipinski definition) is 0. The van der Waals surface area contributed by atoms with Gasteiger partial charge in [0.2, 0.25) is 0 Å². The van der Waals surface area contributed by atoms with E-state index in [1.165, 1.54) is 65.7 Å². The van der Waals surface area contributed by atoms with Crippen LogP contribution in [0.4, 0.5) is 0 Å². The highest BCUT2D eigenvalue weighted by molar-refractivity contribution is 6.25. The van der Waals surface area contributed by atoms with Crippen LogP contribution in [0.15, 0.2) is 162 Å². The van der Waals surface area contributed by atoms with Gasteiger partial charge in [-0.1, -0.05) is 127 Å². The van der Waals surface area contributed by atoms with E-state index < -0.39 is 0 Å². The molecule has 43 heavy (non-hydrogen) atoms. The predicted octanol–water partition coefficient (Wildman–Crippen LogP) is 12.0. The Hall–Kier alpha value is -5.66. The monoisotopic (exact) mass is 546 g/mol. The smallest absolute Gasteiger partial charge is 0.135 e. The fraction of sp³-hybridized carbons (Fsp3) is 0. The molecule has 0 N–H and O–H groups in total. The average Bonchev–Trinajstić information content (AvgIpc) is 3.46. The Morgan fingerprint density at radius 2 is 0.651 bits per heavy atom. The van der Waals surface area contributed by atoms with Crippen LogP contribution >= 0.6 is 0 Å². The van der Waals surface area contributed by atoms with Crippen molar-refractivity contribution < 1.29 is 4.42 Å². The lowest BCUT2D eigenvalue weighted by Gasteiger charge is -2.12. The van der Waals surface area contributed by atoms with Crippen molar-refractivity contribution in [3.05, 3.63) is 158 Å². The second-order valence-electron chi connectivity index (χ2n) is 11.3. The van der Waals surface area contributed by atoms with Crippen LogP contribution < -0.4 is 0 Å². The van der Waals surface area contributed by atoms with E-state index in [2.05, 4.69) is 146 Å². The quantitative estimate of drug-likeness (QED) is 0.201. The largest absolute Gasteiger partial charge is 0.456 e. The van der Waals surface area contributed by atoms with Crippen molar-refractivity contribution in [2.75, 3.05) is 0 Å². The standard InChI is InChI=1S/C42H26O/c1-2-12-35-33(10-1)34-11-3-4-13-36(34)39-25-32(20-22-37(35)39)30-9-7-8-29(24-30)27-16-18-28(19-17-27)31-21-23-42-40(26-31)38-14-5-6-15-41(38)43-42/h1-26H. The van der Waals surface area contributed by atoms with Crippen LogP contribution in [-0.4, -0.2) is 0 Å². The lowest BCUT2D eigenvalue weighted by atomic mass is 9.91. The first-order chi connectivity index (χ1) is 21.3. The lowest BCUT2D eigenvalue weighted by molar-refractivity contribution is 0.669. The van der Waals surface area contributed by atoms with Gasteiger partial charge in [-0.05, 0) is 96.0 Å². The Morgan fingerprint density at radius 3 is 1.33 bits per heavy atom. The Labute approximate surface area is 249 Å². The molecule has 1 aromatic heterocycles. The van der Waals surface area contributed by atoms with E-state index in [-0.39, 0.29) is 0 Å². The molecule has 0 aliphatic rings. The highest BCUT2D eigenvalue weighted by Gasteiger charge is 2.11. The SMILES string of the molecule is c1cc(-c2ccc(-c3ccc4oc5ccccc5c4c3)cc2)cc(-c2ccc3c4ccccc4c4ccccc4c3c2)c1. The molecule has 200 valence electrons. The van der Waals surface area contributed by atoms with Crippen molar-refractivity contribution in [3.63, 3.8) is 0 Å². The number of rotatable bonds is 3. The second kappa shape index (κ2) is 9.44. The molecule has 0 spiro atoms. The van der Waals surface area contributed by atoms with Gasteiger partial charge in [0.05, 0.1) is 0 Å². The van der Waals surface area contributed by atoms with Crippen molar-refractivity contribution in [2.24, 2.45) is 0 Å². The first-order valence-corrected chi connectivity index (χ1v) is 14.8. The normalized spacial score (nSPS) is 11.7. The van der Waals surface area contributed by atoms with Gasteiger partial charge in [-0.2, -0.15) is 0 Å². The molecule has 9 rings (SSSR count). The minimum atomic E-state index is 0.924. The van der Waals surface area contributed by atoms with Gasteiger partial charge in [0.25, 0.3) is 0 Å². The first kappa shape index (κ1) is 24.0. The second-order valence-corrected chi connectivity index (χ2v) is 11.3. The minimum Gasteiger partial charge on any atom is -0.456 e. The molecule has 0 aliphatic carbocycles. The fourth-order valence-electron chi connectivity index (χ4n) is 6.73. The van der Waals surface area contributed by atoms with E-state index in [0.29, 0.717) is 0 Å². The molecule has 1 heterocycles. The zero-order valence-corrected chi connectivity index (χ0v) is 23.4. The summed E-state index contributed by atoms with van der Waals surface area (Å²) in [5, 5.41) is 10.1. The first-order valence-electron chi connectivity index (χ1n) is 14.8. The van der Waals surface area contributed by atoms with Gasteiger partial charge < -0.3 is 4.42 Å². The summed E-state index contributed by atoms with van der Waals surface area (Å²) >= 11 is 0. The summed E-state index contributed by atoms with van der Waals surface area (Å²) in [6.07, 6.45) is 0. The summed E-state index contributed by atoms with van der Waals surface area (Å²) in [4.78, 5) is 0. The Balaban J connectivity index is 1.10. The van der Waals surface area contributed by atoms with Crippen molar-refractivity contribution in [1.82, 2.24) is 0 Å². The molecular weight excluding hydrogens is 520 g/mol. The molecule has 0 radical (unpaired) electrons. The summed E-state index contributed by atoms with van der Waals surface area (Å²) < 4.78 is 6.03. The van der Waals surface area contributed by atoms with Crippen LogP contribution in [0, 0.1) is 0 Å². The van der Waals surface area contributed by atoms with Crippen LogP contribution in [0.25, 0.3) is 87.6 Å². The molecule has 0 unspecified atom stereocenters. The van der Waals surface area contributed by atoms with E-state index in [1.807, 2.05) is 12.1 Å². The molecule has 1 heteroatoms. The summed E-state index contributed by atoms with van der Waals surface area (Å²) in [6.45, 7) is 0. The van der Waals surface area contributed by atoms with Gasteiger partial charge in [0.1, 0.15) is 11.2 Å². The van der Waals surface area contributed by atoms with E-state index in [0.717, 1.165) is 21.9 Å². The maximum Gasteiger partial charge on any atom is 0.135 e. The molecule has 8 aromatic carbocycles. The molecule has 0 fully saturated rings. The number of fused-ring (bicyclic) bond motifs is 9. The highest BCUT2D eigenvalue weighted by atomic mass is 16.3.